The number of aryl methyl sites for hydroxylation is 4. The molecule has 2 unspecified atom stereocenters. The Bertz CT molecular complexity index is 2030. The van der Waals surface area contributed by atoms with Crippen molar-refractivity contribution in [3.8, 4) is 11.1 Å². The number of carboxylic acid groups (broad SMARTS) is 1. The van der Waals surface area contributed by atoms with E-state index in [1.807, 2.05) is 12.1 Å². The number of fused-ring (bicyclic) bond motifs is 8. The number of unbranched alkanes of at least 4 members (excludes halogenated alkanes) is 9. The van der Waals surface area contributed by atoms with E-state index in [1.165, 1.54) is 18.4 Å². The second kappa shape index (κ2) is 18.2. The summed E-state index contributed by atoms with van der Waals surface area (Å²) in [4.78, 5) is 29.8. The third-order valence-corrected chi connectivity index (χ3v) is 11.1. The van der Waals surface area contributed by atoms with Crippen LogP contribution < -0.4 is 0 Å². The van der Waals surface area contributed by atoms with Crippen molar-refractivity contribution in [1.29, 1.82) is 0 Å². The van der Waals surface area contributed by atoms with Crippen LogP contribution in [-0.2, 0) is 32.1 Å². The highest BCUT2D eigenvalue weighted by Gasteiger charge is 2.34. The topological polar surface area (TPSA) is 135 Å². The number of aliphatic hydroxyl groups is 2. The van der Waals surface area contributed by atoms with Gasteiger partial charge in [0.25, 0.3) is 0 Å². The summed E-state index contributed by atoms with van der Waals surface area (Å²) in [6.45, 7) is 6.65. The van der Waals surface area contributed by atoms with Crippen LogP contribution in [0.4, 0.5) is 0 Å². The summed E-state index contributed by atoms with van der Waals surface area (Å²) >= 11 is 0. The molecule has 0 aliphatic carbocycles. The average molecular weight is 719 g/mol. The zero-order chi connectivity index (χ0) is 37.3. The Morgan fingerprint density at radius 1 is 0.585 bits per heavy atom. The van der Waals surface area contributed by atoms with Gasteiger partial charge in [-0.15, -0.1) is 0 Å². The van der Waals surface area contributed by atoms with Gasteiger partial charge in [-0.2, -0.15) is 0 Å². The fourth-order valence-corrected chi connectivity index (χ4v) is 8.11. The summed E-state index contributed by atoms with van der Waals surface area (Å²) in [5.74, 6) is -0.961. The molecule has 4 aromatic rings. The molecule has 1 aromatic carbocycles. The van der Waals surface area contributed by atoms with Crippen LogP contribution in [-0.4, -0.2) is 41.2 Å². The molecule has 5 N–H and O–H groups in total. The summed E-state index contributed by atoms with van der Waals surface area (Å²) in [5, 5.41) is 33.2. The summed E-state index contributed by atoms with van der Waals surface area (Å²) < 4.78 is 0. The number of benzene rings is 1. The Balaban J connectivity index is 1.68. The number of H-pyrrole nitrogens is 2. The Morgan fingerprint density at radius 3 is 1.57 bits per heavy atom. The molecule has 0 spiro atoms. The van der Waals surface area contributed by atoms with Gasteiger partial charge >= 0.3 is 5.97 Å². The first-order chi connectivity index (χ1) is 25.8. The van der Waals surface area contributed by atoms with Gasteiger partial charge in [0, 0.05) is 39.0 Å². The molecule has 2 aliphatic rings. The van der Waals surface area contributed by atoms with Crippen LogP contribution in [0.3, 0.4) is 0 Å². The number of hydrogen-bond donors (Lipinski definition) is 5. The Hall–Kier alpha value is -4.27. The molecule has 5 heterocycles. The van der Waals surface area contributed by atoms with Crippen molar-refractivity contribution >= 4 is 28.0 Å². The lowest BCUT2D eigenvalue weighted by molar-refractivity contribution is 0.0243. The normalized spacial score (nSPS) is 15.6. The number of carboxylic acids is 1. The zero-order valence-corrected chi connectivity index (χ0v) is 31.9. The molecule has 53 heavy (non-hydrogen) atoms. The molecule has 3 aromatic heterocycles. The van der Waals surface area contributed by atoms with Crippen LogP contribution in [0, 0.1) is 0 Å². The van der Waals surface area contributed by atoms with Crippen molar-refractivity contribution in [2.75, 3.05) is 0 Å². The molecule has 6 rings (SSSR count). The lowest BCUT2D eigenvalue weighted by Crippen LogP contribution is -2.08. The molecule has 8 heteroatoms. The highest BCUT2D eigenvalue weighted by molar-refractivity contribution is 5.95. The number of rotatable bonds is 17. The maximum Gasteiger partial charge on any atom is 0.335 e. The molecule has 0 saturated heterocycles. The van der Waals surface area contributed by atoms with Crippen LogP contribution >= 0.6 is 0 Å². The van der Waals surface area contributed by atoms with E-state index in [1.54, 1.807) is 12.1 Å². The molecular formula is C45H58N4O4. The van der Waals surface area contributed by atoms with E-state index >= 15 is 0 Å². The molecule has 0 amide bonds. The third-order valence-electron chi connectivity index (χ3n) is 11.1. The fraction of sp³-hybridized carbons (Fsp3) is 0.489. The number of aliphatic hydroxyl groups excluding tert-OH is 2. The van der Waals surface area contributed by atoms with Gasteiger partial charge in [-0.25, -0.2) is 4.79 Å². The van der Waals surface area contributed by atoms with E-state index in [2.05, 4.69) is 55.0 Å². The second-order valence-electron chi connectivity index (χ2n) is 15.0. The Labute approximate surface area is 314 Å². The predicted molar refractivity (Wildman–Crippen MR) is 214 cm³/mol. The van der Waals surface area contributed by atoms with Gasteiger partial charge in [0.15, 0.2) is 0 Å². The smallest absolute Gasteiger partial charge is 0.335 e. The monoisotopic (exact) mass is 718 g/mol. The van der Waals surface area contributed by atoms with E-state index in [0.29, 0.717) is 17.8 Å². The predicted octanol–water partition coefficient (Wildman–Crippen LogP) is 10.6. The van der Waals surface area contributed by atoms with Crippen LogP contribution in [0.25, 0.3) is 33.2 Å². The Morgan fingerprint density at radius 2 is 1.04 bits per heavy atom. The SMILES string of the molecule is CCCCCCc1c2nc(c(CCCCCC)c3ccc([nH]3)c(-c3ccc(C(=O)O)cc3)c3ccc([nH]3)c(CCCCCC)c3nc1C(O)C3O)CC2. The minimum Gasteiger partial charge on any atom is -0.478 e. The molecule has 8 bridgehead atoms. The molecular weight excluding hydrogens is 661 g/mol. The first-order valence-corrected chi connectivity index (χ1v) is 20.3. The lowest BCUT2D eigenvalue weighted by atomic mass is 9.97. The van der Waals surface area contributed by atoms with E-state index in [4.69, 9.17) is 9.97 Å². The third kappa shape index (κ3) is 8.76. The average Bonchev–Trinajstić information content (AvgIpc) is 3.99. The van der Waals surface area contributed by atoms with E-state index in [0.717, 1.165) is 146 Å². The Kier molecular flexibility index (Phi) is 13.2. The van der Waals surface area contributed by atoms with Gasteiger partial charge in [-0.3, -0.25) is 9.97 Å². The van der Waals surface area contributed by atoms with Gasteiger partial charge in [-0.05, 0) is 110 Å². The number of hydrogen-bond acceptors (Lipinski definition) is 5. The lowest BCUT2D eigenvalue weighted by Gasteiger charge is -2.13. The van der Waals surface area contributed by atoms with Crippen molar-refractivity contribution in [3.05, 3.63) is 93.6 Å². The number of nitrogens with zero attached hydrogens (tertiary/aromatic N) is 2. The van der Waals surface area contributed by atoms with Gasteiger partial charge in [-0.1, -0.05) is 90.7 Å². The molecule has 0 fully saturated rings. The van der Waals surface area contributed by atoms with Crippen molar-refractivity contribution < 1.29 is 20.1 Å². The van der Waals surface area contributed by atoms with Gasteiger partial charge < -0.3 is 25.3 Å². The number of aromatic carboxylic acids is 1. The standard InChI is InChI=1S/C45H58N4O4/c1-4-7-10-13-16-31-34-23-24-36(46-34)32(17-14-11-8-5-2)41-43(50)44(51)42(49-41)33(18-15-12-9-6-3)37-26-28-39(48-37)40(38-27-25-35(31)47-38)29-19-21-30(22-20-29)45(52)53/h19-22,25-28,43-44,47-48,50-51H,4-18,23-24H2,1-3H3,(H,52,53). The van der Waals surface area contributed by atoms with Gasteiger partial charge in [0.2, 0.25) is 0 Å². The van der Waals surface area contributed by atoms with E-state index in [-0.39, 0.29) is 5.56 Å². The summed E-state index contributed by atoms with van der Waals surface area (Å²) in [7, 11) is 0. The molecule has 8 nitrogen and oxygen atoms in total. The molecule has 2 aliphatic heterocycles. The first kappa shape index (κ1) is 38.5. The summed E-state index contributed by atoms with van der Waals surface area (Å²) in [5.41, 5.74) is 12.1. The molecule has 2 atom stereocenters. The summed E-state index contributed by atoms with van der Waals surface area (Å²) in [6.07, 6.45) is 15.0. The van der Waals surface area contributed by atoms with Crippen molar-refractivity contribution in [2.45, 2.75) is 142 Å². The molecule has 0 radical (unpaired) electrons. The highest BCUT2D eigenvalue weighted by atomic mass is 16.4. The number of aromatic nitrogens is 4. The van der Waals surface area contributed by atoms with E-state index in [9.17, 15) is 20.1 Å². The minimum atomic E-state index is -1.14. The maximum absolute atomic E-state index is 11.8. The quantitative estimate of drug-likeness (QED) is 0.0690. The van der Waals surface area contributed by atoms with Crippen molar-refractivity contribution in [2.24, 2.45) is 0 Å². The van der Waals surface area contributed by atoms with Crippen LogP contribution in [0.15, 0.2) is 48.5 Å². The number of aromatic amines is 2. The van der Waals surface area contributed by atoms with Crippen molar-refractivity contribution in [3.63, 3.8) is 0 Å². The van der Waals surface area contributed by atoms with Gasteiger partial charge in [0.05, 0.1) is 17.0 Å². The number of carbonyl (C=O) groups is 1. The number of nitrogens with one attached hydrogen (secondary N) is 2. The van der Waals surface area contributed by atoms with Gasteiger partial charge in [0.1, 0.15) is 12.2 Å². The van der Waals surface area contributed by atoms with Crippen LogP contribution in [0.1, 0.15) is 160 Å². The zero-order valence-electron chi connectivity index (χ0n) is 31.9. The van der Waals surface area contributed by atoms with Crippen LogP contribution in [0.2, 0.25) is 0 Å². The molecule has 0 saturated carbocycles. The van der Waals surface area contributed by atoms with E-state index < -0.39 is 18.2 Å². The fourth-order valence-electron chi connectivity index (χ4n) is 8.11. The summed E-state index contributed by atoms with van der Waals surface area (Å²) in [6, 6.07) is 15.4. The first-order valence-electron chi connectivity index (χ1n) is 20.3. The minimum absolute atomic E-state index is 0.235. The largest absolute Gasteiger partial charge is 0.478 e. The van der Waals surface area contributed by atoms with Crippen LogP contribution in [0.5, 0.6) is 0 Å². The second-order valence-corrected chi connectivity index (χ2v) is 15.0. The maximum atomic E-state index is 11.8. The van der Waals surface area contributed by atoms with Crippen molar-refractivity contribution in [1.82, 2.24) is 19.9 Å². The molecule has 282 valence electrons. The highest BCUT2D eigenvalue weighted by Crippen LogP contribution is 2.39.